The van der Waals surface area contributed by atoms with Gasteiger partial charge in [0.1, 0.15) is 0 Å². The Balaban J connectivity index is 1.98. The number of carbonyl (C=O) groups excluding carboxylic acids is 1. The van der Waals surface area contributed by atoms with Crippen LogP contribution in [-0.2, 0) is 11.8 Å². The van der Waals surface area contributed by atoms with Gasteiger partial charge in [-0.05, 0) is 6.92 Å². The fourth-order valence-corrected chi connectivity index (χ4v) is 3.35. The molecule has 162 valence electrons. The summed E-state index contributed by atoms with van der Waals surface area (Å²) in [6.07, 6.45) is -1.68. The molecule has 0 bridgehead atoms. The van der Waals surface area contributed by atoms with Crippen molar-refractivity contribution in [3.8, 4) is 16.9 Å². The average Bonchev–Trinajstić information content (AvgIpc) is 3.12. The zero-order valence-corrected chi connectivity index (χ0v) is 16.3. The summed E-state index contributed by atoms with van der Waals surface area (Å²) in [4.78, 5) is 25.0. The number of anilines is 1. The van der Waals surface area contributed by atoms with E-state index < -0.39 is 17.0 Å². The molecule has 3 rings (SSSR count). The number of aromatic nitrogens is 2. The normalized spacial score (nSPS) is 14.7. The minimum Gasteiger partial charge on any atom is -0.487 e. The summed E-state index contributed by atoms with van der Waals surface area (Å²) >= 11 is 0. The van der Waals surface area contributed by atoms with Crippen LogP contribution in [0.2, 0.25) is 0 Å². The Morgan fingerprint density at radius 1 is 1.27 bits per heavy atom. The van der Waals surface area contributed by atoms with Crippen LogP contribution in [0.5, 0.6) is 5.75 Å². The number of hydrogen-bond donors (Lipinski definition) is 0. The van der Waals surface area contributed by atoms with Gasteiger partial charge in [-0.1, -0.05) is 0 Å². The highest BCUT2D eigenvalue weighted by molar-refractivity contribution is 5.84. The SMILES string of the molecule is CCOc1cc(N2CCN(C(=O)C(F)(F)F)CC2)c(-c2cnn(C)c2)cc1[N+](=O)[O-]. The summed E-state index contributed by atoms with van der Waals surface area (Å²) < 4.78 is 45.1. The smallest absolute Gasteiger partial charge is 0.471 e. The summed E-state index contributed by atoms with van der Waals surface area (Å²) in [5.41, 5.74) is 1.47. The molecule has 0 spiro atoms. The van der Waals surface area contributed by atoms with E-state index in [1.807, 2.05) is 0 Å². The van der Waals surface area contributed by atoms with Gasteiger partial charge < -0.3 is 14.5 Å². The molecule has 1 amide bonds. The van der Waals surface area contributed by atoms with Crippen molar-refractivity contribution in [2.75, 3.05) is 37.7 Å². The third-order valence-electron chi connectivity index (χ3n) is 4.74. The Morgan fingerprint density at radius 2 is 1.93 bits per heavy atom. The molecule has 2 heterocycles. The molecule has 1 aliphatic heterocycles. The van der Waals surface area contributed by atoms with E-state index in [0.717, 1.165) is 4.90 Å². The first-order chi connectivity index (χ1) is 14.1. The van der Waals surface area contributed by atoms with Crippen molar-refractivity contribution >= 4 is 17.3 Å². The molecule has 1 aromatic heterocycles. The van der Waals surface area contributed by atoms with E-state index >= 15 is 0 Å². The van der Waals surface area contributed by atoms with E-state index in [-0.39, 0.29) is 44.2 Å². The number of carbonyl (C=O) groups is 1. The van der Waals surface area contributed by atoms with Crippen LogP contribution in [0.15, 0.2) is 24.5 Å². The molecular formula is C18H20F3N5O4. The van der Waals surface area contributed by atoms with E-state index in [9.17, 15) is 28.1 Å². The van der Waals surface area contributed by atoms with Gasteiger partial charge in [0.05, 0.1) is 17.7 Å². The van der Waals surface area contributed by atoms with E-state index in [0.29, 0.717) is 16.8 Å². The van der Waals surface area contributed by atoms with E-state index in [1.54, 1.807) is 35.9 Å². The first-order valence-electron chi connectivity index (χ1n) is 9.17. The maximum atomic E-state index is 12.7. The van der Waals surface area contributed by atoms with Crippen molar-refractivity contribution in [1.82, 2.24) is 14.7 Å². The van der Waals surface area contributed by atoms with E-state index in [2.05, 4.69) is 5.10 Å². The minimum atomic E-state index is -4.92. The number of aryl methyl sites for hydroxylation is 1. The average molecular weight is 427 g/mol. The third kappa shape index (κ3) is 4.31. The zero-order valence-electron chi connectivity index (χ0n) is 16.3. The first kappa shape index (κ1) is 21.4. The largest absolute Gasteiger partial charge is 0.487 e. The molecule has 2 aromatic rings. The summed E-state index contributed by atoms with van der Waals surface area (Å²) in [6, 6.07) is 2.90. The van der Waals surface area contributed by atoms with E-state index in [4.69, 9.17) is 4.74 Å². The van der Waals surface area contributed by atoms with Gasteiger partial charge in [0.25, 0.3) is 0 Å². The minimum absolute atomic E-state index is 0.0685. The van der Waals surface area contributed by atoms with Gasteiger partial charge in [0.15, 0.2) is 5.75 Å². The number of nitrogens with zero attached hydrogens (tertiary/aromatic N) is 5. The summed E-state index contributed by atoms with van der Waals surface area (Å²) in [6.45, 7) is 1.94. The van der Waals surface area contributed by atoms with Gasteiger partial charge in [-0.15, -0.1) is 0 Å². The third-order valence-corrected chi connectivity index (χ3v) is 4.74. The molecule has 1 fully saturated rings. The van der Waals surface area contributed by atoms with Gasteiger partial charge in [-0.3, -0.25) is 19.6 Å². The van der Waals surface area contributed by atoms with Crippen LogP contribution in [0.25, 0.3) is 11.1 Å². The number of piperazine rings is 1. The molecule has 0 radical (unpaired) electrons. The highest BCUT2D eigenvalue weighted by Crippen LogP contribution is 2.41. The lowest BCUT2D eigenvalue weighted by molar-refractivity contribution is -0.385. The second kappa shape index (κ2) is 8.20. The molecule has 0 aliphatic carbocycles. The Bertz CT molecular complexity index is 952. The molecule has 0 atom stereocenters. The number of rotatable bonds is 5. The highest BCUT2D eigenvalue weighted by atomic mass is 19.4. The quantitative estimate of drug-likeness (QED) is 0.538. The van der Waals surface area contributed by atoms with Crippen LogP contribution in [0, 0.1) is 10.1 Å². The number of amides is 1. The predicted octanol–water partition coefficient (Wildman–Crippen LogP) is 2.60. The van der Waals surface area contributed by atoms with Crippen LogP contribution in [0.1, 0.15) is 6.92 Å². The number of ether oxygens (including phenoxy) is 1. The molecule has 1 saturated heterocycles. The molecule has 12 heteroatoms. The highest BCUT2D eigenvalue weighted by Gasteiger charge is 2.43. The summed E-state index contributed by atoms with van der Waals surface area (Å²) in [5.74, 6) is -1.80. The first-order valence-corrected chi connectivity index (χ1v) is 9.17. The Morgan fingerprint density at radius 3 is 2.43 bits per heavy atom. The van der Waals surface area contributed by atoms with Gasteiger partial charge >= 0.3 is 17.8 Å². The van der Waals surface area contributed by atoms with Crippen LogP contribution in [0.3, 0.4) is 0 Å². The van der Waals surface area contributed by atoms with Crippen molar-refractivity contribution in [2.24, 2.45) is 7.05 Å². The molecule has 30 heavy (non-hydrogen) atoms. The zero-order chi connectivity index (χ0) is 22.1. The fourth-order valence-electron chi connectivity index (χ4n) is 3.35. The molecular weight excluding hydrogens is 407 g/mol. The van der Waals surface area contributed by atoms with Crippen LogP contribution in [-0.4, -0.2) is 64.5 Å². The maximum Gasteiger partial charge on any atom is 0.471 e. The maximum absolute atomic E-state index is 12.7. The summed E-state index contributed by atoms with van der Waals surface area (Å²) in [5, 5.41) is 15.6. The summed E-state index contributed by atoms with van der Waals surface area (Å²) in [7, 11) is 1.70. The molecule has 0 saturated carbocycles. The predicted molar refractivity (Wildman–Crippen MR) is 101 cm³/mol. The molecule has 1 aromatic carbocycles. The molecule has 0 unspecified atom stereocenters. The van der Waals surface area contributed by atoms with Crippen molar-refractivity contribution in [3.63, 3.8) is 0 Å². The van der Waals surface area contributed by atoms with Gasteiger partial charge in [0, 0.05) is 68.4 Å². The van der Waals surface area contributed by atoms with Gasteiger partial charge in [0.2, 0.25) is 0 Å². The van der Waals surface area contributed by atoms with E-state index in [1.165, 1.54) is 12.1 Å². The number of nitro benzene ring substituents is 1. The van der Waals surface area contributed by atoms with Crippen LogP contribution >= 0.6 is 0 Å². The second-order valence-corrected chi connectivity index (χ2v) is 6.71. The van der Waals surface area contributed by atoms with Crippen molar-refractivity contribution < 1.29 is 27.6 Å². The lowest BCUT2D eigenvalue weighted by Crippen LogP contribution is -2.52. The second-order valence-electron chi connectivity index (χ2n) is 6.71. The Labute approximate surface area is 169 Å². The Kier molecular flexibility index (Phi) is 5.85. The van der Waals surface area contributed by atoms with Crippen LogP contribution in [0.4, 0.5) is 24.5 Å². The lowest BCUT2D eigenvalue weighted by atomic mass is 10.0. The monoisotopic (exact) mass is 427 g/mol. The van der Waals surface area contributed by atoms with Crippen molar-refractivity contribution in [2.45, 2.75) is 13.1 Å². The number of halogens is 3. The fraction of sp³-hybridized carbons (Fsp3) is 0.444. The topological polar surface area (TPSA) is 93.7 Å². The molecule has 9 nitrogen and oxygen atoms in total. The van der Waals surface area contributed by atoms with Crippen LogP contribution < -0.4 is 9.64 Å². The molecule has 0 N–H and O–H groups in total. The number of alkyl halides is 3. The standard InChI is InChI=1S/C18H20F3N5O4/c1-3-30-16-9-14(24-4-6-25(7-5-24)17(27)18(19,20)21)13(8-15(16)26(28)29)12-10-22-23(2)11-12/h8-11H,3-7H2,1-2H3. The number of hydrogen-bond acceptors (Lipinski definition) is 6. The number of benzene rings is 1. The Hall–Kier alpha value is -3.31. The lowest BCUT2D eigenvalue weighted by Gasteiger charge is -2.37. The van der Waals surface area contributed by atoms with Gasteiger partial charge in [-0.25, -0.2) is 0 Å². The number of nitro groups is 1. The van der Waals surface area contributed by atoms with Gasteiger partial charge in [-0.2, -0.15) is 18.3 Å². The van der Waals surface area contributed by atoms with Crippen molar-refractivity contribution in [1.29, 1.82) is 0 Å². The molecule has 1 aliphatic rings. The van der Waals surface area contributed by atoms with Crippen molar-refractivity contribution in [3.05, 3.63) is 34.6 Å².